The van der Waals surface area contributed by atoms with E-state index in [0.29, 0.717) is 12.1 Å². The van der Waals surface area contributed by atoms with E-state index in [9.17, 15) is 35.1 Å². The van der Waals surface area contributed by atoms with Crippen LogP contribution in [0.4, 0.5) is 35.1 Å². The van der Waals surface area contributed by atoms with Gasteiger partial charge in [0.05, 0.1) is 0 Å². The molecule has 0 aliphatic heterocycles. The van der Waals surface area contributed by atoms with Crippen molar-refractivity contribution in [1.82, 2.24) is 0 Å². The number of rotatable bonds is 3. The second-order valence-corrected chi connectivity index (χ2v) is 8.29. The van der Waals surface area contributed by atoms with Gasteiger partial charge in [0.15, 0.2) is 0 Å². The van der Waals surface area contributed by atoms with Crippen LogP contribution in [0.25, 0.3) is 0 Å². The molecule has 120 valence electrons. The summed E-state index contributed by atoms with van der Waals surface area (Å²) in [5, 5.41) is -1.06. The van der Waals surface area contributed by atoms with Gasteiger partial charge in [-0.3, -0.25) is 0 Å². The minimum absolute atomic E-state index is 0.396. The van der Waals surface area contributed by atoms with Crippen molar-refractivity contribution in [2.24, 2.45) is 0 Å². The Morgan fingerprint density at radius 1 is 0.591 bits per heavy atom. The van der Waals surface area contributed by atoms with E-state index in [-0.39, 0.29) is 0 Å². The van der Waals surface area contributed by atoms with Crippen LogP contribution in [-0.2, 0) is 0 Å². The average Bonchev–Trinajstić information content (AvgIpc) is 2.49. The van der Waals surface area contributed by atoms with Crippen molar-refractivity contribution in [3.63, 3.8) is 0 Å². The first-order valence-electron chi connectivity index (χ1n) is 5.62. The van der Waals surface area contributed by atoms with E-state index < -0.39 is 73.7 Å². The summed E-state index contributed by atoms with van der Waals surface area (Å²) in [5.41, 5.74) is 0. The van der Waals surface area contributed by atoms with Gasteiger partial charge >= 0.3 is 121 Å². The first-order chi connectivity index (χ1) is 10.2. The summed E-state index contributed by atoms with van der Waals surface area (Å²) in [4.78, 5) is 0. The third-order valence-corrected chi connectivity index (χ3v) is 7.38. The Kier molecular flexibility index (Phi) is 5.03. The third-order valence-electron chi connectivity index (χ3n) is 2.75. The van der Waals surface area contributed by atoms with E-state index >= 15 is 0 Å². The Labute approximate surface area is 122 Å². The van der Waals surface area contributed by atoms with Crippen molar-refractivity contribution < 1.29 is 35.1 Å². The molecule has 0 amide bonds. The van der Waals surface area contributed by atoms with Crippen molar-refractivity contribution in [2.45, 2.75) is 0 Å². The van der Waals surface area contributed by atoms with Gasteiger partial charge in [-0.15, -0.1) is 0 Å². The zero-order valence-corrected chi connectivity index (χ0v) is 12.8. The molecule has 0 fully saturated rings. The molecular weight excluding hydrogens is 358 g/mol. The predicted octanol–water partition coefficient (Wildman–Crippen LogP) is 3.49. The van der Waals surface area contributed by atoms with Crippen LogP contribution in [0.2, 0.25) is 0 Å². The van der Waals surface area contributed by atoms with Crippen LogP contribution in [0, 0.1) is 46.5 Å². The number of benzene rings is 2. The molecule has 0 N–H and O–H groups in total. The summed E-state index contributed by atoms with van der Waals surface area (Å²) in [5.74, 6) is -14.5. The Balaban J connectivity index is 2.32. The van der Waals surface area contributed by atoms with Crippen LogP contribution < -0.4 is 10.6 Å². The Hall–Kier alpha value is -1.26. The molecule has 0 spiro atoms. The quantitative estimate of drug-likeness (QED) is 0.339. The van der Waals surface area contributed by atoms with Crippen molar-refractivity contribution >= 4 is 27.1 Å². The van der Waals surface area contributed by atoms with E-state index in [2.05, 4.69) is 0 Å². The molecule has 0 radical (unpaired) electrons. The maximum absolute atomic E-state index is 13.4. The fraction of sp³-hybridized carbons (Fsp3) is 0. The van der Waals surface area contributed by atoms with Gasteiger partial charge < -0.3 is 0 Å². The normalized spacial score (nSPS) is 11.8. The molecule has 1 unspecified atom stereocenters. The molecule has 0 aliphatic carbocycles. The van der Waals surface area contributed by atoms with E-state index in [1.54, 1.807) is 0 Å². The van der Waals surface area contributed by atoms with Crippen molar-refractivity contribution in [3.05, 3.63) is 58.7 Å². The summed E-state index contributed by atoms with van der Waals surface area (Å²) in [6.07, 6.45) is 0. The summed E-state index contributed by atoms with van der Waals surface area (Å²) in [6.45, 7) is 0. The molecule has 0 saturated carbocycles. The maximum atomic E-state index is 13.4. The molecule has 22 heavy (non-hydrogen) atoms. The van der Waals surface area contributed by atoms with Crippen LogP contribution in [0.15, 0.2) is 12.1 Å². The average molecular weight is 364 g/mol. The Morgan fingerprint density at radius 2 is 1.09 bits per heavy atom. The molecule has 0 nitrogen and oxygen atoms in total. The van der Waals surface area contributed by atoms with E-state index in [1.165, 1.54) is 0 Å². The van der Waals surface area contributed by atoms with Crippen LogP contribution in [0.3, 0.4) is 0 Å². The number of halogens is 8. The molecule has 1 atom stereocenters. The SMILES string of the molecule is Fc1cc(P[PH3]c2cc(F)c(F)c(F)c2F)c(F)c(F)c1F. The van der Waals surface area contributed by atoms with Gasteiger partial charge in [-0.25, -0.2) is 0 Å². The first-order valence-corrected chi connectivity index (χ1v) is 9.66. The first kappa shape index (κ1) is 17.1. The second-order valence-electron chi connectivity index (χ2n) is 4.16. The predicted molar refractivity (Wildman–Crippen MR) is 71.2 cm³/mol. The van der Waals surface area contributed by atoms with Crippen LogP contribution in [0.5, 0.6) is 0 Å². The van der Waals surface area contributed by atoms with Gasteiger partial charge in [-0.1, -0.05) is 0 Å². The fourth-order valence-corrected chi connectivity index (χ4v) is 5.80. The summed E-state index contributed by atoms with van der Waals surface area (Å²) in [6, 6.07) is 0.814. The topological polar surface area (TPSA) is 0 Å². The summed E-state index contributed by atoms with van der Waals surface area (Å²) >= 11 is 0. The zero-order valence-electron chi connectivity index (χ0n) is 10.4. The molecule has 2 aromatic carbocycles. The van der Waals surface area contributed by atoms with Crippen LogP contribution >= 0.6 is 16.5 Å². The zero-order chi connectivity index (χ0) is 16.6. The summed E-state index contributed by atoms with van der Waals surface area (Å²) in [7, 11) is -2.68. The van der Waals surface area contributed by atoms with Gasteiger partial charge in [0.1, 0.15) is 0 Å². The second kappa shape index (κ2) is 6.47. The van der Waals surface area contributed by atoms with E-state index in [1.807, 2.05) is 0 Å². The molecule has 0 bridgehead atoms. The number of hydrogen-bond acceptors (Lipinski definition) is 0. The monoisotopic (exact) mass is 364 g/mol. The molecule has 0 saturated heterocycles. The van der Waals surface area contributed by atoms with Gasteiger partial charge in [0.25, 0.3) is 0 Å². The molecule has 2 rings (SSSR count). The van der Waals surface area contributed by atoms with E-state index in [0.717, 1.165) is 0 Å². The molecule has 0 aromatic heterocycles. The molecule has 0 aliphatic rings. The third kappa shape index (κ3) is 3.08. The van der Waals surface area contributed by atoms with Gasteiger partial charge in [0, 0.05) is 0 Å². The number of hydrogen-bond donors (Lipinski definition) is 0. The Morgan fingerprint density at radius 3 is 1.68 bits per heavy atom. The van der Waals surface area contributed by atoms with Crippen molar-refractivity contribution in [3.8, 4) is 0 Å². The summed E-state index contributed by atoms with van der Waals surface area (Å²) < 4.78 is 104. The molecule has 2 aromatic rings. The van der Waals surface area contributed by atoms with Crippen molar-refractivity contribution in [2.75, 3.05) is 0 Å². The fourth-order valence-electron chi connectivity index (χ4n) is 1.64. The Bertz CT molecular complexity index is 683. The van der Waals surface area contributed by atoms with Crippen molar-refractivity contribution in [1.29, 1.82) is 0 Å². The van der Waals surface area contributed by atoms with Gasteiger partial charge in [-0.05, 0) is 0 Å². The standard InChI is InChI=1S/C12H6F8P2/c13-3-1-5(9(17)11(19)7(3)15)21-22-6-2-4(14)8(16)12(20)10(6)18/h1-2,21H,22H3. The molecular formula is C12H6F8P2. The van der Waals surface area contributed by atoms with Gasteiger partial charge in [0.2, 0.25) is 0 Å². The minimum atomic E-state index is -2.02. The molecule has 10 heteroatoms. The van der Waals surface area contributed by atoms with E-state index in [4.69, 9.17) is 0 Å². The van der Waals surface area contributed by atoms with Crippen LogP contribution in [0.1, 0.15) is 0 Å². The van der Waals surface area contributed by atoms with Crippen LogP contribution in [-0.4, -0.2) is 0 Å². The molecule has 0 heterocycles. The van der Waals surface area contributed by atoms with Gasteiger partial charge in [-0.2, -0.15) is 0 Å².